The maximum absolute atomic E-state index is 11.1. The van der Waals surface area contributed by atoms with Crippen LogP contribution in [0.25, 0.3) is 11.3 Å². The number of nitrogens with zero attached hydrogens (tertiary/aromatic N) is 3. The van der Waals surface area contributed by atoms with Crippen molar-refractivity contribution in [2.75, 3.05) is 11.9 Å². The Morgan fingerprint density at radius 2 is 2.17 bits per heavy atom. The summed E-state index contributed by atoms with van der Waals surface area (Å²) in [6.45, 7) is 0.563. The number of hydrogen-bond acceptors (Lipinski definition) is 5. The number of aromatic nitrogens is 2. The van der Waals surface area contributed by atoms with Gasteiger partial charge in [-0.15, -0.1) is 0 Å². The van der Waals surface area contributed by atoms with E-state index >= 15 is 0 Å². The predicted octanol–water partition coefficient (Wildman–Crippen LogP) is 1.62. The Morgan fingerprint density at radius 3 is 2.78 bits per heavy atom. The second kappa shape index (κ2) is 5.51. The van der Waals surface area contributed by atoms with Crippen LogP contribution in [0.2, 0.25) is 0 Å². The smallest absolute Gasteiger partial charge is 0.302 e. The summed E-state index contributed by atoms with van der Waals surface area (Å²) in [6, 6.07) is 8.65. The van der Waals surface area contributed by atoms with E-state index in [1.54, 1.807) is 30.3 Å². The molecule has 7 heteroatoms. The summed E-state index contributed by atoms with van der Waals surface area (Å²) in [7, 11) is 0. The minimum Gasteiger partial charge on any atom is -0.493 e. The molecule has 0 aliphatic rings. The molecule has 0 saturated carbocycles. The number of alkyl halides is 1. The first-order valence-electron chi connectivity index (χ1n) is 5.05. The van der Waals surface area contributed by atoms with E-state index in [-0.39, 0.29) is 16.3 Å². The van der Waals surface area contributed by atoms with Crippen LogP contribution in [0.1, 0.15) is 5.69 Å². The second-order valence-electron chi connectivity index (χ2n) is 3.30. The summed E-state index contributed by atoms with van der Waals surface area (Å²) >= 11 is 3.26. The maximum atomic E-state index is 11.1. The molecule has 0 radical (unpaired) electrons. The normalized spacial score (nSPS) is 10.0. The van der Waals surface area contributed by atoms with Crippen LogP contribution in [0, 0.1) is 16.5 Å². The summed E-state index contributed by atoms with van der Waals surface area (Å²) in [5, 5.41) is 24.2. The van der Waals surface area contributed by atoms with Crippen LogP contribution in [-0.4, -0.2) is 17.1 Å². The minimum atomic E-state index is -0.163. The van der Waals surface area contributed by atoms with Crippen molar-refractivity contribution in [1.29, 1.82) is 5.26 Å². The van der Waals surface area contributed by atoms with Crippen LogP contribution < -0.4 is 9.64 Å². The van der Waals surface area contributed by atoms with Gasteiger partial charge in [0.05, 0.1) is 6.61 Å². The van der Waals surface area contributed by atoms with Crippen molar-refractivity contribution < 1.29 is 14.3 Å². The Labute approximate surface area is 111 Å². The molecule has 0 aliphatic heterocycles. The van der Waals surface area contributed by atoms with Gasteiger partial charge in [0.25, 0.3) is 5.69 Å². The number of halogens is 1. The number of nitriles is 1. The quantitative estimate of drug-likeness (QED) is 0.632. The average molecular weight is 310 g/mol. The Morgan fingerprint density at radius 1 is 1.44 bits per heavy atom. The molecule has 0 saturated heterocycles. The maximum Gasteiger partial charge on any atom is 0.302 e. The molecule has 0 fully saturated rings. The van der Waals surface area contributed by atoms with Gasteiger partial charge in [0.15, 0.2) is 6.07 Å². The van der Waals surface area contributed by atoms with E-state index in [4.69, 9.17) is 10.00 Å². The molecule has 1 aromatic heterocycles. The molecular weight excluding hydrogens is 302 g/mol. The highest BCUT2D eigenvalue weighted by Gasteiger charge is 2.20. The Bertz CT molecular complexity index is 574. The summed E-state index contributed by atoms with van der Waals surface area (Å²) < 4.78 is 9.77. The van der Waals surface area contributed by atoms with Gasteiger partial charge in [-0.2, -0.15) is 5.26 Å². The Hall–Kier alpha value is -2.07. The third-order valence-electron chi connectivity index (χ3n) is 2.19. The largest absolute Gasteiger partial charge is 0.493 e. The highest BCUT2D eigenvalue weighted by molar-refractivity contribution is 9.09. The van der Waals surface area contributed by atoms with Crippen molar-refractivity contribution in [2.45, 2.75) is 0 Å². The zero-order valence-electron chi connectivity index (χ0n) is 9.17. The van der Waals surface area contributed by atoms with Crippen LogP contribution >= 0.6 is 15.9 Å². The summed E-state index contributed by atoms with van der Waals surface area (Å²) in [5.74, 6) is 0.704. The zero-order chi connectivity index (χ0) is 13.0. The van der Waals surface area contributed by atoms with Crippen molar-refractivity contribution in [3.8, 4) is 23.1 Å². The van der Waals surface area contributed by atoms with Gasteiger partial charge < -0.3 is 9.94 Å². The third kappa shape index (κ3) is 2.43. The number of hydrogen-bond donors (Lipinski definition) is 0. The number of ether oxygens (including phenoxy) is 1. The van der Waals surface area contributed by atoms with Crippen LogP contribution in [-0.2, 0) is 0 Å². The van der Waals surface area contributed by atoms with Crippen LogP contribution in [0.5, 0.6) is 5.75 Å². The van der Waals surface area contributed by atoms with Crippen LogP contribution in [0.15, 0.2) is 28.9 Å². The second-order valence-corrected chi connectivity index (χ2v) is 4.09. The van der Waals surface area contributed by atoms with Gasteiger partial charge in [0.1, 0.15) is 5.75 Å². The third-order valence-corrected chi connectivity index (χ3v) is 2.52. The lowest BCUT2D eigenvalue weighted by molar-refractivity contribution is -0.804. The molecule has 0 aliphatic carbocycles. The van der Waals surface area contributed by atoms with Gasteiger partial charge in [0, 0.05) is 16.1 Å². The van der Waals surface area contributed by atoms with Gasteiger partial charge in [0.2, 0.25) is 0 Å². The first-order chi connectivity index (χ1) is 8.76. The lowest BCUT2D eigenvalue weighted by Crippen LogP contribution is -2.26. The van der Waals surface area contributed by atoms with Crippen molar-refractivity contribution >= 4 is 15.9 Å². The summed E-state index contributed by atoms with van der Waals surface area (Å²) in [6.07, 6.45) is 0. The predicted molar refractivity (Wildman–Crippen MR) is 64.9 cm³/mol. The molecule has 2 aromatic rings. The molecule has 2 rings (SSSR count). The first-order valence-corrected chi connectivity index (χ1v) is 6.17. The molecular formula is C11H8BrN3O3. The van der Waals surface area contributed by atoms with Crippen LogP contribution in [0.4, 0.5) is 0 Å². The van der Waals surface area contributed by atoms with E-state index in [0.717, 1.165) is 5.33 Å². The van der Waals surface area contributed by atoms with E-state index in [0.29, 0.717) is 17.9 Å². The fourth-order valence-corrected chi connectivity index (χ4v) is 1.56. The number of benzene rings is 1. The van der Waals surface area contributed by atoms with Gasteiger partial charge in [-0.25, -0.2) is 0 Å². The van der Waals surface area contributed by atoms with Gasteiger partial charge in [-0.1, -0.05) is 15.9 Å². The van der Waals surface area contributed by atoms with Gasteiger partial charge >= 0.3 is 5.69 Å². The van der Waals surface area contributed by atoms with Crippen molar-refractivity contribution in [2.24, 2.45) is 0 Å². The van der Waals surface area contributed by atoms with Crippen molar-refractivity contribution in [3.05, 3.63) is 35.2 Å². The molecule has 0 amide bonds. The fourth-order valence-electron chi connectivity index (χ4n) is 1.40. The highest BCUT2D eigenvalue weighted by atomic mass is 79.9. The molecule has 0 unspecified atom stereocenters. The molecule has 92 valence electrons. The standard InChI is InChI=1S/C11H8BrN3O3/c12-5-6-17-9-3-1-8(2-4-9)11-10(7-13)15(16)18-14-11/h1-4H,5-6H2. The molecule has 0 spiro atoms. The minimum absolute atomic E-state index is 0.0879. The molecule has 6 nitrogen and oxygen atoms in total. The zero-order valence-corrected chi connectivity index (χ0v) is 10.8. The monoisotopic (exact) mass is 309 g/mol. The SMILES string of the molecule is N#Cc1c(-c2ccc(OCCBr)cc2)no[n+]1[O-]. The first kappa shape index (κ1) is 12.4. The number of rotatable bonds is 4. The molecule has 18 heavy (non-hydrogen) atoms. The van der Waals surface area contributed by atoms with Crippen molar-refractivity contribution in [3.63, 3.8) is 0 Å². The molecule has 0 atom stereocenters. The highest BCUT2D eigenvalue weighted by Crippen LogP contribution is 2.22. The summed E-state index contributed by atoms with van der Waals surface area (Å²) in [5.41, 5.74) is 0.680. The topological polar surface area (TPSA) is 86.0 Å². The molecule has 1 heterocycles. The summed E-state index contributed by atoms with van der Waals surface area (Å²) in [4.78, 5) is 0.0879. The lowest BCUT2D eigenvalue weighted by atomic mass is 10.1. The van der Waals surface area contributed by atoms with Gasteiger partial charge in [-0.3, -0.25) is 4.63 Å². The van der Waals surface area contributed by atoms with E-state index < -0.39 is 0 Å². The van der Waals surface area contributed by atoms with E-state index in [2.05, 4.69) is 25.7 Å². The fraction of sp³-hybridized carbons (Fsp3) is 0.182. The Kier molecular flexibility index (Phi) is 3.79. The Balaban J connectivity index is 2.26. The van der Waals surface area contributed by atoms with Crippen molar-refractivity contribution in [1.82, 2.24) is 5.16 Å². The van der Waals surface area contributed by atoms with Crippen LogP contribution in [0.3, 0.4) is 0 Å². The van der Waals surface area contributed by atoms with Gasteiger partial charge in [-0.05, 0) is 29.2 Å². The van der Waals surface area contributed by atoms with E-state index in [1.165, 1.54) is 0 Å². The molecule has 1 aromatic carbocycles. The molecule has 0 N–H and O–H groups in total. The molecule has 0 bridgehead atoms. The average Bonchev–Trinajstić information content (AvgIpc) is 2.78. The van der Waals surface area contributed by atoms with E-state index in [9.17, 15) is 5.21 Å². The lowest BCUT2D eigenvalue weighted by Gasteiger charge is -2.03. The van der Waals surface area contributed by atoms with E-state index in [1.807, 2.05) is 0 Å².